The summed E-state index contributed by atoms with van der Waals surface area (Å²) in [5, 5.41) is 3.41. The lowest BCUT2D eigenvalue weighted by molar-refractivity contribution is 0.337. The summed E-state index contributed by atoms with van der Waals surface area (Å²) in [6.07, 6.45) is 10.1. The highest BCUT2D eigenvalue weighted by Gasteiger charge is 2.24. The molecule has 0 aliphatic heterocycles. The fourth-order valence-electron chi connectivity index (χ4n) is 2.58. The van der Waals surface area contributed by atoms with Crippen LogP contribution < -0.4 is 5.32 Å². The first-order chi connectivity index (χ1) is 7.42. The van der Waals surface area contributed by atoms with Gasteiger partial charge in [0, 0.05) is 0 Å². The van der Waals surface area contributed by atoms with Crippen LogP contribution in [0, 0.1) is 5.92 Å². The van der Waals surface area contributed by atoms with E-state index < -0.39 is 0 Å². The molecule has 0 radical (unpaired) electrons. The third kappa shape index (κ3) is 2.75. The molecule has 1 aromatic rings. The van der Waals surface area contributed by atoms with Crippen molar-refractivity contribution in [2.75, 3.05) is 7.05 Å². The highest BCUT2D eigenvalue weighted by atomic mass is 32.1. The summed E-state index contributed by atoms with van der Waals surface area (Å²) in [6, 6.07) is 0.418. The summed E-state index contributed by atoms with van der Waals surface area (Å²) in [7, 11) is 2.04. The van der Waals surface area contributed by atoms with Gasteiger partial charge in [-0.1, -0.05) is 25.7 Å². The molecular weight excluding hydrogens is 206 g/mol. The Morgan fingerprint density at radius 2 is 2.07 bits per heavy atom. The minimum atomic E-state index is 0.418. The zero-order valence-corrected chi connectivity index (χ0v) is 10.1. The second kappa shape index (κ2) is 5.56. The average Bonchev–Trinajstić information content (AvgIpc) is 2.63. The average molecular weight is 225 g/mol. The molecule has 0 spiro atoms. The number of nitrogens with one attached hydrogen (secondary N) is 1. The van der Waals surface area contributed by atoms with Crippen molar-refractivity contribution in [3.05, 3.63) is 11.9 Å². The standard InChI is InChI=1S/C11H19N3S/c1-12-11(10-8-13-15-14-10)9-6-4-2-3-5-7-9/h8-9,11-12H,2-7H2,1H3. The molecule has 1 aliphatic rings. The zero-order chi connectivity index (χ0) is 10.5. The van der Waals surface area contributed by atoms with Gasteiger partial charge in [0.1, 0.15) is 0 Å². The number of aromatic nitrogens is 2. The Labute approximate surface area is 95.6 Å². The molecule has 4 heteroatoms. The lowest BCUT2D eigenvalue weighted by Crippen LogP contribution is -2.25. The first-order valence-corrected chi connectivity index (χ1v) is 6.59. The lowest BCUT2D eigenvalue weighted by atomic mass is 9.90. The molecule has 0 amide bonds. The number of rotatable bonds is 3. The smallest absolute Gasteiger partial charge is 0.0914 e. The highest BCUT2D eigenvalue weighted by molar-refractivity contribution is 6.99. The van der Waals surface area contributed by atoms with E-state index >= 15 is 0 Å². The summed E-state index contributed by atoms with van der Waals surface area (Å²) in [5.41, 5.74) is 1.13. The van der Waals surface area contributed by atoms with Crippen molar-refractivity contribution in [3.63, 3.8) is 0 Å². The molecule has 3 nitrogen and oxygen atoms in total. The van der Waals surface area contributed by atoms with Crippen LogP contribution in [0.2, 0.25) is 0 Å². The van der Waals surface area contributed by atoms with Crippen molar-refractivity contribution >= 4 is 11.7 Å². The van der Waals surface area contributed by atoms with Crippen LogP contribution in [0.4, 0.5) is 0 Å². The molecule has 84 valence electrons. The number of nitrogens with zero attached hydrogens (tertiary/aromatic N) is 2. The summed E-state index contributed by atoms with van der Waals surface area (Å²) in [5.74, 6) is 0.751. The van der Waals surface area contributed by atoms with Crippen molar-refractivity contribution in [2.24, 2.45) is 5.92 Å². The first kappa shape index (κ1) is 11.0. The molecule has 1 atom stereocenters. The summed E-state index contributed by atoms with van der Waals surface area (Å²) >= 11 is 1.31. The van der Waals surface area contributed by atoms with Gasteiger partial charge in [0.05, 0.1) is 29.7 Å². The van der Waals surface area contributed by atoms with Crippen molar-refractivity contribution in [2.45, 2.75) is 44.6 Å². The van der Waals surface area contributed by atoms with Crippen LogP contribution in [0.1, 0.15) is 50.3 Å². The number of hydrogen-bond donors (Lipinski definition) is 1. The van der Waals surface area contributed by atoms with E-state index in [9.17, 15) is 0 Å². The minimum absolute atomic E-state index is 0.418. The van der Waals surface area contributed by atoms with E-state index in [0.29, 0.717) is 6.04 Å². The van der Waals surface area contributed by atoms with E-state index in [-0.39, 0.29) is 0 Å². The number of hydrogen-bond acceptors (Lipinski definition) is 4. The van der Waals surface area contributed by atoms with Crippen LogP contribution in [0.5, 0.6) is 0 Å². The summed E-state index contributed by atoms with van der Waals surface area (Å²) in [6.45, 7) is 0. The van der Waals surface area contributed by atoms with Crippen LogP contribution >= 0.6 is 11.7 Å². The largest absolute Gasteiger partial charge is 0.311 e. The molecule has 0 saturated heterocycles. The molecule has 1 saturated carbocycles. The Balaban J connectivity index is 2.04. The van der Waals surface area contributed by atoms with Gasteiger partial charge in [-0.15, -0.1) is 0 Å². The Hall–Kier alpha value is -0.480. The SMILES string of the molecule is CNC(c1cnsn1)C1CCCCCC1. The van der Waals surface area contributed by atoms with Gasteiger partial charge in [-0.3, -0.25) is 0 Å². The van der Waals surface area contributed by atoms with Crippen molar-refractivity contribution < 1.29 is 0 Å². The predicted molar refractivity (Wildman–Crippen MR) is 62.9 cm³/mol. The minimum Gasteiger partial charge on any atom is -0.311 e. The van der Waals surface area contributed by atoms with Crippen LogP contribution in [-0.2, 0) is 0 Å². The fourth-order valence-corrected chi connectivity index (χ4v) is 3.04. The van der Waals surface area contributed by atoms with E-state index in [4.69, 9.17) is 0 Å². The van der Waals surface area contributed by atoms with E-state index in [1.165, 1.54) is 50.3 Å². The molecule has 2 rings (SSSR count). The van der Waals surface area contributed by atoms with Gasteiger partial charge < -0.3 is 5.32 Å². The van der Waals surface area contributed by atoms with E-state index in [2.05, 4.69) is 14.1 Å². The quantitative estimate of drug-likeness (QED) is 0.804. The second-order valence-corrected chi connectivity index (χ2v) is 4.91. The Morgan fingerprint density at radius 1 is 1.33 bits per heavy atom. The van der Waals surface area contributed by atoms with Gasteiger partial charge >= 0.3 is 0 Å². The predicted octanol–water partition coefficient (Wildman–Crippen LogP) is 2.77. The van der Waals surface area contributed by atoms with Crippen LogP contribution in [0.3, 0.4) is 0 Å². The van der Waals surface area contributed by atoms with Gasteiger partial charge in [-0.2, -0.15) is 8.75 Å². The normalized spacial score (nSPS) is 21.1. The molecule has 1 N–H and O–H groups in total. The third-order valence-electron chi connectivity index (χ3n) is 3.38. The van der Waals surface area contributed by atoms with E-state index in [0.717, 1.165) is 11.6 Å². The molecule has 1 aliphatic carbocycles. The van der Waals surface area contributed by atoms with E-state index in [1.54, 1.807) is 0 Å². The topological polar surface area (TPSA) is 37.8 Å². The monoisotopic (exact) mass is 225 g/mol. The van der Waals surface area contributed by atoms with Gasteiger partial charge in [-0.25, -0.2) is 0 Å². The molecule has 0 bridgehead atoms. The van der Waals surface area contributed by atoms with Crippen LogP contribution in [-0.4, -0.2) is 15.8 Å². The highest BCUT2D eigenvalue weighted by Crippen LogP contribution is 2.32. The zero-order valence-electron chi connectivity index (χ0n) is 9.28. The maximum Gasteiger partial charge on any atom is 0.0914 e. The molecular formula is C11H19N3S. The van der Waals surface area contributed by atoms with Gasteiger partial charge in [0.2, 0.25) is 0 Å². The van der Waals surface area contributed by atoms with E-state index in [1.807, 2.05) is 13.2 Å². The Morgan fingerprint density at radius 3 is 2.60 bits per heavy atom. The van der Waals surface area contributed by atoms with Gasteiger partial charge in [0.25, 0.3) is 0 Å². The molecule has 1 aromatic heterocycles. The molecule has 1 heterocycles. The van der Waals surface area contributed by atoms with Crippen molar-refractivity contribution in [1.29, 1.82) is 0 Å². The Kier molecular flexibility index (Phi) is 4.09. The Bertz CT molecular complexity index is 265. The lowest BCUT2D eigenvalue weighted by Gasteiger charge is -2.23. The molecule has 0 aromatic carbocycles. The second-order valence-electron chi connectivity index (χ2n) is 4.35. The molecule has 1 fully saturated rings. The molecule has 1 unspecified atom stereocenters. The van der Waals surface area contributed by atoms with Gasteiger partial charge in [0.15, 0.2) is 0 Å². The van der Waals surface area contributed by atoms with Crippen molar-refractivity contribution in [3.8, 4) is 0 Å². The van der Waals surface area contributed by atoms with Gasteiger partial charge in [-0.05, 0) is 25.8 Å². The summed E-state index contributed by atoms with van der Waals surface area (Å²) in [4.78, 5) is 0. The van der Waals surface area contributed by atoms with Crippen LogP contribution in [0.15, 0.2) is 6.20 Å². The fraction of sp³-hybridized carbons (Fsp3) is 0.818. The van der Waals surface area contributed by atoms with Crippen molar-refractivity contribution in [1.82, 2.24) is 14.1 Å². The first-order valence-electron chi connectivity index (χ1n) is 5.86. The third-order valence-corrected chi connectivity index (χ3v) is 3.87. The maximum atomic E-state index is 4.36. The maximum absolute atomic E-state index is 4.36. The van der Waals surface area contributed by atoms with Crippen LogP contribution in [0.25, 0.3) is 0 Å². The molecule has 15 heavy (non-hydrogen) atoms. The summed E-state index contributed by atoms with van der Waals surface area (Å²) < 4.78 is 8.46.